The molecule has 0 radical (unpaired) electrons. The second-order valence-electron chi connectivity index (χ2n) is 12.3. The maximum atomic E-state index is 2.61. The number of nitrogens with zero attached hydrogens (tertiary/aromatic N) is 2. The molecule has 0 amide bonds. The molecule has 0 aromatic carbocycles. The average molecular weight is 532 g/mol. The highest BCUT2D eigenvalue weighted by Gasteiger charge is 2.16. The first-order chi connectivity index (χ1) is 18.8. The zero-order chi connectivity index (χ0) is 27.4. The van der Waals surface area contributed by atoms with Gasteiger partial charge in [0, 0.05) is 6.42 Å². The first-order valence-electron chi connectivity index (χ1n) is 17.9. The summed E-state index contributed by atoms with van der Waals surface area (Å²) in [6.07, 6.45) is 44.4. The van der Waals surface area contributed by atoms with Crippen LogP contribution in [0.15, 0.2) is 12.4 Å². The lowest BCUT2D eigenvalue weighted by Gasteiger charge is -2.07. The summed E-state index contributed by atoms with van der Waals surface area (Å²) >= 11 is 0. The molecular formula is C36H71N2+. The Bertz CT molecular complexity index is 590. The smallest absolute Gasteiger partial charge is 0.234 e. The third kappa shape index (κ3) is 20.2. The van der Waals surface area contributed by atoms with E-state index in [-0.39, 0.29) is 0 Å². The van der Waals surface area contributed by atoms with E-state index in [9.17, 15) is 0 Å². The maximum Gasteiger partial charge on any atom is 0.256 e. The average Bonchev–Trinajstić information content (AvgIpc) is 3.31. The summed E-state index contributed by atoms with van der Waals surface area (Å²) < 4.78 is 5.22. The van der Waals surface area contributed by atoms with Crippen LogP contribution in [-0.2, 0) is 19.5 Å². The van der Waals surface area contributed by atoms with Gasteiger partial charge in [-0.3, -0.25) is 0 Å². The van der Waals surface area contributed by atoms with Gasteiger partial charge in [-0.05, 0) is 32.1 Å². The predicted molar refractivity (Wildman–Crippen MR) is 170 cm³/mol. The van der Waals surface area contributed by atoms with Crippen molar-refractivity contribution in [1.29, 1.82) is 0 Å². The molecule has 0 fully saturated rings. The Labute approximate surface area is 240 Å². The molecule has 0 atom stereocenters. The van der Waals surface area contributed by atoms with Crippen LogP contribution >= 0.6 is 0 Å². The van der Waals surface area contributed by atoms with Crippen LogP contribution in [0.4, 0.5) is 0 Å². The fourth-order valence-electron chi connectivity index (χ4n) is 5.97. The topological polar surface area (TPSA) is 8.81 Å². The maximum absolute atomic E-state index is 2.61. The third-order valence-corrected chi connectivity index (χ3v) is 8.60. The molecule has 38 heavy (non-hydrogen) atoms. The van der Waals surface area contributed by atoms with E-state index in [0.717, 1.165) is 0 Å². The number of hydrogen-bond donors (Lipinski definition) is 0. The molecule has 0 unspecified atom stereocenters. The van der Waals surface area contributed by atoms with E-state index < -0.39 is 0 Å². The highest BCUT2D eigenvalue weighted by atomic mass is 15.1. The lowest BCUT2D eigenvalue weighted by atomic mass is 10.0. The Morgan fingerprint density at radius 1 is 0.447 bits per heavy atom. The number of aryl methyl sites for hydroxylation is 2. The summed E-state index contributed by atoms with van der Waals surface area (Å²) in [6, 6.07) is 0. The molecule has 0 saturated carbocycles. The minimum absolute atomic E-state index is 1.23. The summed E-state index contributed by atoms with van der Waals surface area (Å²) in [6.45, 7) is 9.39. The molecular weight excluding hydrogens is 460 g/mol. The second-order valence-corrected chi connectivity index (χ2v) is 12.3. The van der Waals surface area contributed by atoms with Gasteiger partial charge in [-0.2, -0.15) is 0 Å². The molecule has 0 spiro atoms. The fourth-order valence-corrected chi connectivity index (χ4v) is 5.97. The molecule has 2 heteroatoms. The zero-order valence-corrected chi connectivity index (χ0v) is 26.8. The Kier molecular flexibility index (Phi) is 25.7. The molecule has 1 rings (SSSR count). The summed E-state index contributed by atoms with van der Waals surface area (Å²) in [5.74, 6) is 1.61. The number of unbranched alkanes of at least 4 members (excludes halogenated alkanes) is 24. The van der Waals surface area contributed by atoms with Gasteiger partial charge in [0.05, 0.1) is 13.1 Å². The second kappa shape index (κ2) is 27.8. The van der Waals surface area contributed by atoms with Crippen LogP contribution in [-0.4, -0.2) is 4.57 Å². The van der Waals surface area contributed by atoms with Crippen LogP contribution < -0.4 is 4.57 Å². The lowest BCUT2D eigenvalue weighted by Crippen LogP contribution is -2.37. The summed E-state index contributed by atoms with van der Waals surface area (Å²) in [5.41, 5.74) is 0. The molecule has 0 aliphatic rings. The van der Waals surface area contributed by atoms with Gasteiger partial charge >= 0.3 is 0 Å². The van der Waals surface area contributed by atoms with Gasteiger partial charge in [0.25, 0.3) is 5.82 Å². The predicted octanol–water partition coefficient (Wildman–Crippen LogP) is 11.9. The van der Waals surface area contributed by atoms with Crippen LogP contribution in [0.5, 0.6) is 0 Å². The Hall–Kier alpha value is -0.790. The van der Waals surface area contributed by atoms with Crippen molar-refractivity contribution in [3.05, 3.63) is 18.2 Å². The van der Waals surface area contributed by atoms with Crippen molar-refractivity contribution in [3.8, 4) is 0 Å². The summed E-state index contributed by atoms with van der Waals surface area (Å²) in [5, 5.41) is 0. The van der Waals surface area contributed by atoms with Crippen LogP contribution in [0.2, 0.25) is 0 Å². The van der Waals surface area contributed by atoms with Crippen molar-refractivity contribution >= 4 is 0 Å². The largest absolute Gasteiger partial charge is 0.256 e. The van der Waals surface area contributed by atoms with Gasteiger partial charge in [0.15, 0.2) is 0 Å². The van der Waals surface area contributed by atoms with Gasteiger partial charge < -0.3 is 0 Å². The first-order valence-corrected chi connectivity index (χ1v) is 17.9. The van der Waals surface area contributed by atoms with Crippen LogP contribution in [0.3, 0.4) is 0 Å². The molecule has 224 valence electrons. The minimum Gasteiger partial charge on any atom is -0.234 e. The van der Waals surface area contributed by atoms with E-state index in [2.05, 4.69) is 42.3 Å². The van der Waals surface area contributed by atoms with Crippen molar-refractivity contribution in [3.63, 3.8) is 0 Å². The molecule has 0 aliphatic carbocycles. The van der Waals surface area contributed by atoms with E-state index >= 15 is 0 Å². The van der Waals surface area contributed by atoms with Crippen molar-refractivity contribution in [2.75, 3.05) is 0 Å². The van der Waals surface area contributed by atoms with Gasteiger partial charge in [-0.1, -0.05) is 162 Å². The molecule has 1 heterocycles. The number of imidazole rings is 1. The van der Waals surface area contributed by atoms with Gasteiger partial charge in [0.1, 0.15) is 12.4 Å². The molecule has 2 nitrogen and oxygen atoms in total. The van der Waals surface area contributed by atoms with Crippen LogP contribution in [0, 0.1) is 0 Å². The molecule has 0 bridgehead atoms. The number of aromatic nitrogens is 2. The van der Waals surface area contributed by atoms with Crippen LogP contribution in [0.25, 0.3) is 0 Å². The van der Waals surface area contributed by atoms with Crippen LogP contribution in [0.1, 0.15) is 200 Å². The van der Waals surface area contributed by atoms with E-state index in [0.29, 0.717) is 0 Å². The lowest BCUT2D eigenvalue weighted by molar-refractivity contribution is -0.704. The van der Waals surface area contributed by atoms with Crippen molar-refractivity contribution in [1.82, 2.24) is 4.57 Å². The van der Waals surface area contributed by atoms with E-state index in [1.54, 1.807) is 5.82 Å². The quantitative estimate of drug-likeness (QED) is 0.0689. The third-order valence-electron chi connectivity index (χ3n) is 8.60. The van der Waals surface area contributed by atoms with Crippen molar-refractivity contribution in [2.45, 2.75) is 214 Å². The van der Waals surface area contributed by atoms with E-state index in [1.165, 1.54) is 193 Å². The Morgan fingerprint density at radius 3 is 1.26 bits per heavy atom. The molecule has 1 aromatic rings. The SMILES string of the molecule is CCCCCCCCCCCCCCC[n+]1ccn(CCCCCCCCCCCC)c1CCCCCC. The summed E-state index contributed by atoms with van der Waals surface area (Å²) in [7, 11) is 0. The Balaban J connectivity index is 2.20. The van der Waals surface area contributed by atoms with E-state index in [1.807, 2.05) is 0 Å². The van der Waals surface area contributed by atoms with Crippen molar-refractivity contribution < 1.29 is 4.57 Å². The fraction of sp³-hybridized carbons (Fsp3) is 0.917. The molecule has 0 saturated heterocycles. The normalized spacial score (nSPS) is 11.6. The highest BCUT2D eigenvalue weighted by molar-refractivity contribution is 4.84. The first kappa shape index (κ1) is 35.2. The number of hydrogen-bond acceptors (Lipinski definition) is 0. The van der Waals surface area contributed by atoms with Gasteiger partial charge in [-0.25, -0.2) is 9.13 Å². The molecule has 0 aliphatic heterocycles. The monoisotopic (exact) mass is 532 g/mol. The Morgan fingerprint density at radius 2 is 0.816 bits per heavy atom. The zero-order valence-electron chi connectivity index (χ0n) is 26.8. The standard InChI is InChI=1S/C36H71N2/c1-4-7-10-13-15-17-19-20-21-23-25-27-30-33-38-35-34-37(36(38)31-28-12-9-6-3)32-29-26-24-22-18-16-14-11-8-5-2/h34-35H,4-33H2,1-3H3/q+1. The highest BCUT2D eigenvalue weighted by Crippen LogP contribution is 2.14. The minimum atomic E-state index is 1.23. The van der Waals surface area contributed by atoms with Gasteiger partial charge in [-0.15, -0.1) is 0 Å². The molecule has 1 aromatic heterocycles. The van der Waals surface area contributed by atoms with Gasteiger partial charge in [0.2, 0.25) is 0 Å². The van der Waals surface area contributed by atoms with E-state index in [4.69, 9.17) is 0 Å². The number of rotatable bonds is 30. The summed E-state index contributed by atoms with van der Waals surface area (Å²) in [4.78, 5) is 0. The van der Waals surface area contributed by atoms with Crippen molar-refractivity contribution in [2.24, 2.45) is 0 Å². The molecule has 0 N–H and O–H groups in total.